The molecule has 2 aromatic carbocycles. The minimum absolute atomic E-state index is 0.218. The minimum atomic E-state index is -1.03. The summed E-state index contributed by atoms with van der Waals surface area (Å²) in [6.07, 6.45) is 2.07. The van der Waals surface area contributed by atoms with Gasteiger partial charge in [0.25, 0.3) is 5.91 Å². The summed E-state index contributed by atoms with van der Waals surface area (Å²) in [7, 11) is 0. The molecule has 1 spiro atoms. The molecule has 4 rings (SSSR count). The Morgan fingerprint density at radius 1 is 1.13 bits per heavy atom. The minimum Gasteiger partial charge on any atom is -0.337 e. The summed E-state index contributed by atoms with van der Waals surface area (Å²) >= 11 is 0. The lowest BCUT2D eigenvalue weighted by molar-refractivity contribution is -0.139. The summed E-state index contributed by atoms with van der Waals surface area (Å²) < 4.78 is 0. The molecule has 6 nitrogen and oxygen atoms in total. The Balaban J connectivity index is 1.51. The number of imide groups is 1. The standard InChI is InChI=1S/C24H27N3O3/c1-3-14-26(15-18-10-8-17(2)9-11-18)21(28)16-27-22(29)24(25-23(27)30)13-12-19-6-4-5-7-20(19)24/h4-11H,3,12-16H2,1-2H3,(H,25,30)/t24-/m0/s1. The van der Waals surface area contributed by atoms with E-state index in [0.29, 0.717) is 19.5 Å². The fourth-order valence-electron chi connectivity index (χ4n) is 4.44. The smallest absolute Gasteiger partial charge is 0.325 e. The van der Waals surface area contributed by atoms with E-state index in [1.807, 2.05) is 62.4 Å². The highest BCUT2D eigenvalue weighted by Crippen LogP contribution is 2.41. The number of aryl methyl sites for hydroxylation is 2. The van der Waals surface area contributed by atoms with Crippen molar-refractivity contribution in [3.05, 3.63) is 70.8 Å². The quantitative estimate of drug-likeness (QED) is 0.751. The predicted molar refractivity (Wildman–Crippen MR) is 114 cm³/mol. The number of benzene rings is 2. The second kappa shape index (κ2) is 7.94. The van der Waals surface area contributed by atoms with Crippen molar-refractivity contribution in [1.29, 1.82) is 0 Å². The molecule has 2 aromatic rings. The van der Waals surface area contributed by atoms with Gasteiger partial charge in [-0.15, -0.1) is 0 Å². The van der Waals surface area contributed by atoms with Crippen molar-refractivity contribution < 1.29 is 14.4 Å². The van der Waals surface area contributed by atoms with Gasteiger partial charge in [-0.3, -0.25) is 14.5 Å². The van der Waals surface area contributed by atoms with Crippen molar-refractivity contribution in [3.63, 3.8) is 0 Å². The van der Waals surface area contributed by atoms with Gasteiger partial charge in [0.05, 0.1) is 0 Å². The molecule has 4 amide bonds. The van der Waals surface area contributed by atoms with Crippen molar-refractivity contribution in [2.75, 3.05) is 13.1 Å². The van der Waals surface area contributed by atoms with Crippen LogP contribution < -0.4 is 5.32 Å². The summed E-state index contributed by atoms with van der Waals surface area (Å²) in [5, 5.41) is 2.88. The van der Waals surface area contributed by atoms with E-state index in [1.165, 1.54) is 0 Å². The van der Waals surface area contributed by atoms with Crippen LogP contribution in [0.15, 0.2) is 48.5 Å². The van der Waals surface area contributed by atoms with Crippen molar-refractivity contribution >= 4 is 17.8 Å². The van der Waals surface area contributed by atoms with E-state index in [2.05, 4.69) is 5.32 Å². The Morgan fingerprint density at radius 3 is 2.60 bits per heavy atom. The van der Waals surface area contributed by atoms with E-state index in [-0.39, 0.29) is 18.4 Å². The molecule has 1 heterocycles. The van der Waals surface area contributed by atoms with E-state index >= 15 is 0 Å². The van der Waals surface area contributed by atoms with Gasteiger partial charge in [-0.2, -0.15) is 0 Å². The third-order valence-electron chi connectivity index (χ3n) is 6.06. The summed E-state index contributed by atoms with van der Waals surface area (Å²) in [6, 6.07) is 15.3. The zero-order chi connectivity index (χ0) is 21.3. The Kier molecular flexibility index (Phi) is 5.33. The van der Waals surface area contributed by atoms with E-state index in [4.69, 9.17) is 0 Å². The molecule has 1 atom stereocenters. The molecular weight excluding hydrogens is 378 g/mol. The fraction of sp³-hybridized carbons (Fsp3) is 0.375. The van der Waals surface area contributed by atoms with Gasteiger partial charge < -0.3 is 10.2 Å². The number of fused-ring (bicyclic) bond motifs is 2. The molecule has 1 fully saturated rings. The van der Waals surface area contributed by atoms with Crippen molar-refractivity contribution in [1.82, 2.24) is 15.1 Å². The van der Waals surface area contributed by atoms with Crippen LogP contribution >= 0.6 is 0 Å². The first-order chi connectivity index (χ1) is 14.4. The number of rotatable bonds is 6. The van der Waals surface area contributed by atoms with Crippen LogP contribution in [0.2, 0.25) is 0 Å². The van der Waals surface area contributed by atoms with Crippen LogP contribution in [0.5, 0.6) is 0 Å². The van der Waals surface area contributed by atoms with Crippen molar-refractivity contribution in [3.8, 4) is 0 Å². The highest BCUT2D eigenvalue weighted by Gasteiger charge is 2.55. The molecule has 0 bridgehead atoms. The number of carbonyl (C=O) groups excluding carboxylic acids is 3. The van der Waals surface area contributed by atoms with E-state index in [0.717, 1.165) is 40.0 Å². The number of urea groups is 1. The largest absolute Gasteiger partial charge is 0.337 e. The molecule has 0 saturated carbocycles. The van der Waals surface area contributed by atoms with Crippen LogP contribution in [0.4, 0.5) is 4.79 Å². The van der Waals surface area contributed by atoms with Gasteiger partial charge in [0, 0.05) is 13.1 Å². The van der Waals surface area contributed by atoms with Crippen LogP contribution in [-0.2, 0) is 28.1 Å². The maximum absolute atomic E-state index is 13.3. The molecule has 2 aliphatic rings. The Bertz CT molecular complexity index is 985. The van der Waals surface area contributed by atoms with Crippen LogP contribution in [0.3, 0.4) is 0 Å². The monoisotopic (exact) mass is 405 g/mol. The first-order valence-electron chi connectivity index (χ1n) is 10.5. The Hall–Kier alpha value is -3.15. The van der Waals surface area contributed by atoms with Crippen LogP contribution in [0, 0.1) is 6.92 Å². The highest BCUT2D eigenvalue weighted by molar-refractivity contribution is 6.09. The molecule has 1 aliphatic carbocycles. The van der Waals surface area contributed by atoms with Gasteiger partial charge in [-0.25, -0.2) is 4.79 Å². The van der Waals surface area contributed by atoms with Gasteiger partial charge >= 0.3 is 6.03 Å². The van der Waals surface area contributed by atoms with Crippen LogP contribution in [0.1, 0.15) is 42.0 Å². The molecule has 30 heavy (non-hydrogen) atoms. The molecular formula is C24H27N3O3. The number of carbonyl (C=O) groups is 3. The number of hydrogen-bond donors (Lipinski definition) is 1. The van der Waals surface area contributed by atoms with Gasteiger partial charge in [-0.05, 0) is 42.9 Å². The fourth-order valence-corrected chi connectivity index (χ4v) is 4.44. The second-order valence-corrected chi connectivity index (χ2v) is 8.18. The summed E-state index contributed by atoms with van der Waals surface area (Å²) in [5.41, 5.74) is 3.09. The summed E-state index contributed by atoms with van der Waals surface area (Å²) in [4.78, 5) is 41.8. The first kappa shape index (κ1) is 20.1. The van der Waals surface area contributed by atoms with E-state index in [9.17, 15) is 14.4 Å². The molecule has 1 saturated heterocycles. The molecule has 156 valence electrons. The maximum Gasteiger partial charge on any atom is 0.325 e. The van der Waals surface area contributed by atoms with Crippen molar-refractivity contribution in [2.45, 2.75) is 45.2 Å². The normalized spacial score (nSPS) is 19.9. The topological polar surface area (TPSA) is 69.7 Å². The average Bonchev–Trinajstić information content (AvgIpc) is 3.22. The lowest BCUT2D eigenvalue weighted by Crippen LogP contribution is -2.45. The molecule has 0 unspecified atom stereocenters. The van der Waals surface area contributed by atoms with Crippen molar-refractivity contribution in [2.24, 2.45) is 0 Å². The third-order valence-corrected chi connectivity index (χ3v) is 6.06. The van der Waals surface area contributed by atoms with Gasteiger partial charge in [0.2, 0.25) is 5.91 Å². The van der Waals surface area contributed by atoms with Gasteiger partial charge in [0.1, 0.15) is 12.1 Å². The first-order valence-corrected chi connectivity index (χ1v) is 10.5. The Labute approximate surface area is 176 Å². The molecule has 0 radical (unpaired) electrons. The van der Waals surface area contributed by atoms with Gasteiger partial charge in [-0.1, -0.05) is 61.0 Å². The number of nitrogens with one attached hydrogen (secondary N) is 1. The zero-order valence-corrected chi connectivity index (χ0v) is 17.5. The zero-order valence-electron chi connectivity index (χ0n) is 17.5. The molecule has 0 aromatic heterocycles. The van der Waals surface area contributed by atoms with E-state index in [1.54, 1.807) is 4.90 Å². The molecule has 1 aliphatic heterocycles. The number of amides is 4. The third kappa shape index (κ3) is 3.47. The Morgan fingerprint density at radius 2 is 1.87 bits per heavy atom. The van der Waals surface area contributed by atoms with Crippen LogP contribution in [-0.4, -0.2) is 40.7 Å². The van der Waals surface area contributed by atoms with Crippen LogP contribution in [0.25, 0.3) is 0 Å². The second-order valence-electron chi connectivity index (χ2n) is 8.18. The average molecular weight is 405 g/mol. The molecule has 6 heteroatoms. The van der Waals surface area contributed by atoms with Gasteiger partial charge in [0.15, 0.2) is 0 Å². The summed E-state index contributed by atoms with van der Waals surface area (Å²) in [6.45, 7) is 4.83. The maximum atomic E-state index is 13.3. The SMILES string of the molecule is CCCN(Cc1ccc(C)cc1)C(=O)CN1C(=O)N[C@]2(CCc3ccccc32)C1=O. The predicted octanol–water partition coefficient (Wildman–Crippen LogP) is 3.13. The lowest BCUT2D eigenvalue weighted by atomic mass is 9.92. The number of nitrogens with zero attached hydrogens (tertiary/aromatic N) is 2. The molecule has 1 N–H and O–H groups in total. The number of hydrogen-bond acceptors (Lipinski definition) is 3. The lowest BCUT2D eigenvalue weighted by Gasteiger charge is -2.25. The summed E-state index contributed by atoms with van der Waals surface area (Å²) in [5.74, 6) is -0.540. The van der Waals surface area contributed by atoms with E-state index < -0.39 is 11.6 Å². The highest BCUT2D eigenvalue weighted by atomic mass is 16.2.